The Balaban J connectivity index is 1.88. The molecular weight excluding hydrogens is 359 g/mol. The fraction of sp³-hybridized carbons (Fsp3) is 0.609. The Morgan fingerprint density at radius 1 is 1.29 bits per heavy atom. The van der Waals surface area contributed by atoms with Crippen LogP contribution in [0.25, 0.3) is 0 Å². The van der Waals surface area contributed by atoms with Gasteiger partial charge in [-0.15, -0.1) is 0 Å². The van der Waals surface area contributed by atoms with Crippen LogP contribution in [0.2, 0.25) is 0 Å². The molecule has 4 aliphatic rings. The van der Waals surface area contributed by atoms with Gasteiger partial charge in [0.1, 0.15) is 5.78 Å². The zero-order valence-electron chi connectivity index (χ0n) is 16.7. The van der Waals surface area contributed by atoms with Crippen LogP contribution >= 0.6 is 0 Å². The third kappa shape index (κ3) is 2.37. The minimum absolute atomic E-state index is 0.00441. The third-order valence-electron chi connectivity index (χ3n) is 8.03. The summed E-state index contributed by atoms with van der Waals surface area (Å²) in [7, 11) is 0. The van der Waals surface area contributed by atoms with Crippen molar-refractivity contribution in [3.8, 4) is 0 Å². The van der Waals surface area contributed by atoms with Crippen LogP contribution in [0.1, 0.15) is 46.5 Å². The monoisotopic (exact) mass is 386 g/mol. The van der Waals surface area contributed by atoms with Crippen molar-refractivity contribution < 1.29 is 23.5 Å². The van der Waals surface area contributed by atoms with E-state index in [0.717, 1.165) is 19.3 Å². The van der Waals surface area contributed by atoms with Crippen molar-refractivity contribution >= 4 is 17.5 Å². The molecule has 0 radical (unpaired) electrons. The summed E-state index contributed by atoms with van der Waals surface area (Å²) in [6, 6.07) is 0. The highest BCUT2D eigenvalue weighted by atomic mass is 19.1. The fourth-order valence-electron chi connectivity index (χ4n) is 6.66. The smallest absolute Gasteiger partial charge is 0.308 e. The van der Waals surface area contributed by atoms with Crippen LogP contribution in [-0.2, 0) is 19.1 Å². The number of fused-ring (bicyclic) bond motifs is 5. The predicted octanol–water partition coefficient (Wildman–Crippen LogP) is 4.12. The molecule has 5 heteroatoms. The van der Waals surface area contributed by atoms with Crippen molar-refractivity contribution in [3.05, 3.63) is 35.6 Å². The molecule has 4 aliphatic carbocycles. The first-order valence-electron chi connectivity index (χ1n) is 10.1. The molecule has 0 bridgehead atoms. The maximum absolute atomic E-state index is 14.4. The highest BCUT2D eigenvalue weighted by Crippen LogP contribution is 2.66. The molecule has 4 rings (SSSR count). The minimum atomic E-state index is -0.592. The highest BCUT2D eigenvalue weighted by molar-refractivity contribution is 6.06. The van der Waals surface area contributed by atoms with Gasteiger partial charge in [-0.1, -0.05) is 26.5 Å². The molecule has 0 unspecified atom stereocenters. The van der Waals surface area contributed by atoms with Crippen LogP contribution in [0.4, 0.5) is 4.39 Å². The molecule has 0 aromatic rings. The SMILES string of the molecule is C=C1C2=C(OC(C)=O)C(=O)C=C[C@]2(C)[C@H]2CC[C@]3(C)C(=O)CC[C@H]3[C@@H]2[C@@H]1CF. The van der Waals surface area contributed by atoms with Crippen molar-refractivity contribution in [2.75, 3.05) is 6.67 Å². The van der Waals surface area contributed by atoms with Crippen LogP contribution in [-0.4, -0.2) is 24.2 Å². The molecule has 3 fully saturated rings. The summed E-state index contributed by atoms with van der Waals surface area (Å²) in [4.78, 5) is 36.8. The van der Waals surface area contributed by atoms with Gasteiger partial charge in [0.25, 0.3) is 0 Å². The lowest BCUT2D eigenvalue weighted by Crippen LogP contribution is -2.54. The van der Waals surface area contributed by atoms with E-state index in [1.54, 1.807) is 0 Å². The van der Waals surface area contributed by atoms with Crippen LogP contribution < -0.4 is 0 Å². The number of halogens is 1. The first-order chi connectivity index (χ1) is 13.1. The number of esters is 1. The summed E-state index contributed by atoms with van der Waals surface area (Å²) in [6.07, 6.45) is 6.25. The number of ether oxygens (including phenoxy) is 1. The quantitative estimate of drug-likeness (QED) is 0.670. The van der Waals surface area contributed by atoms with Gasteiger partial charge < -0.3 is 4.74 Å². The number of rotatable bonds is 2. The van der Waals surface area contributed by atoms with E-state index in [9.17, 15) is 18.8 Å². The van der Waals surface area contributed by atoms with Crippen molar-refractivity contribution in [1.29, 1.82) is 0 Å². The van der Waals surface area contributed by atoms with Crippen LogP contribution in [0.15, 0.2) is 35.6 Å². The van der Waals surface area contributed by atoms with Gasteiger partial charge in [-0.2, -0.15) is 0 Å². The van der Waals surface area contributed by atoms with Crippen LogP contribution in [0.5, 0.6) is 0 Å². The van der Waals surface area contributed by atoms with E-state index in [4.69, 9.17) is 4.74 Å². The zero-order valence-corrected chi connectivity index (χ0v) is 16.7. The Morgan fingerprint density at radius 3 is 2.64 bits per heavy atom. The van der Waals surface area contributed by atoms with E-state index in [0.29, 0.717) is 23.4 Å². The second kappa shape index (κ2) is 6.23. The maximum Gasteiger partial charge on any atom is 0.308 e. The first-order valence-corrected chi connectivity index (χ1v) is 10.1. The van der Waals surface area contributed by atoms with E-state index in [2.05, 4.69) is 6.58 Å². The molecule has 0 aliphatic heterocycles. The topological polar surface area (TPSA) is 60.4 Å². The Morgan fingerprint density at radius 2 is 2.00 bits per heavy atom. The number of ketones is 2. The van der Waals surface area contributed by atoms with E-state index >= 15 is 0 Å². The number of Topliss-reactive ketones (excluding diaryl/α,β-unsaturated/α-hetero) is 1. The van der Waals surface area contributed by atoms with Crippen molar-refractivity contribution in [2.45, 2.75) is 46.5 Å². The van der Waals surface area contributed by atoms with Crippen molar-refractivity contribution in [3.63, 3.8) is 0 Å². The molecule has 0 saturated heterocycles. The Labute approximate surface area is 164 Å². The minimum Gasteiger partial charge on any atom is -0.422 e. The number of allylic oxidation sites excluding steroid dienone is 4. The lowest BCUT2D eigenvalue weighted by atomic mass is 9.45. The number of alkyl halides is 1. The van der Waals surface area contributed by atoms with Crippen molar-refractivity contribution in [2.24, 2.45) is 34.5 Å². The van der Waals surface area contributed by atoms with Crippen molar-refractivity contribution in [1.82, 2.24) is 0 Å². The first kappa shape index (κ1) is 19.3. The Kier molecular flexibility index (Phi) is 4.29. The fourth-order valence-corrected chi connectivity index (χ4v) is 6.66. The molecule has 0 amide bonds. The summed E-state index contributed by atoms with van der Waals surface area (Å²) in [5.41, 5.74) is 0.175. The molecule has 0 aromatic heterocycles. The second-order valence-electron chi connectivity index (χ2n) is 9.27. The molecule has 0 N–H and O–H groups in total. The van der Waals surface area contributed by atoms with E-state index in [1.165, 1.54) is 13.0 Å². The van der Waals surface area contributed by atoms with Gasteiger partial charge in [-0.05, 0) is 48.7 Å². The van der Waals surface area contributed by atoms with E-state index < -0.39 is 24.0 Å². The molecule has 0 aromatic carbocycles. The molecule has 4 nitrogen and oxygen atoms in total. The average Bonchev–Trinajstić information content (AvgIpc) is 2.93. The Hall–Kier alpha value is -2.04. The van der Waals surface area contributed by atoms with Gasteiger partial charge >= 0.3 is 5.97 Å². The molecular formula is C23H27FO4. The molecule has 28 heavy (non-hydrogen) atoms. The summed E-state index contributed by atoms with van der Waals surface area (Å²) in [5.74, 6) is -0.933. The van der Waals surface area contributed by atoms with Gasteiger partial charge in [0.05, 0.1) is 6.67 Å². The van der Waals surface area contributed by atoms with Crippen LogP contribution in [0, 0.1) is 34.5 Å². The molecule has 0 spiro atoms. The zero-order chi connectivity index (χ0) is 20.4. The lowest BCUT2D eigenvalue weighted by Gasteiger charge is -2.58. The highest BCUT2D eigenvalue weighted by Gasteiger charge is 2.62. The number of hydrogen-bond donors (Lipinski definition) is 0. The van der Waals surface area contributed by atoms with Gasteiger partial charge in [-0.25, -0.2) is 0 Å². The predicted molar refractivity (Wildman–Crippen MR) is 102 cm³/mol. The number of carbonyl (C=O) groups excluding carboxylic acids is 3. The second-order valence-corrected chi connectivity index (χ2v) is 9.27. The average molecular weight is 386 g/mol. The van der Waals surface area contributed by atoms with Gasteiger partial charge in [0, 0.05) is 35.7 Å². The van der Waals surface area contributed by atoms with Gasteiger partial charge in [0.15, 0.2) is 5.76 Å². The van der Waals surface area contributed by atoms with E-state index in [-0.39, 0.29) is 34.7 Å². The Bertz CT molecular complexity index is 853. The molecule has 0 heterocycles. The summed E-state index contributed by atoms with van der Waals surface area (Å²) >= 11 is 0. The normalized spacial score (nSPS) is 42.2. The molecule has 6 atom stereocenters. The van der Waals surface area contributed by atoms with Gasteiger partial charge in [0.2, 0.25) is 5.78 Å². The lowest BCUT2D eigenvalue weighted by molar-refractivity contribution is -0.140. The summed E-state index contributed by atoms with van der Waals surface area (Å²) < 4.78 is 19.7. The van der Waals surface area contributed by atoms with Gasteiger partial charge in [-0.3, -0.25) is 18.8 Å². The summed E-state index contributed by atoms with van der Waals surface area (Å²) in [6.45, 7) is 8.92. The van der Waals surface area contributed by atoms with E-state index in [1.807, 2.05) is 19.9 Å². The number of carbonyl (C=O) groups is 3. The maximum atomic E-state index is 14.4. The largest absolute Gasteiger partial charge is 0.422 e. The molecule has 150 valence electrons. The molecule has 3 saturated carbocycles. The third-order valence-corrected chi connectivity index (χ3v) is 8.03. The standard InChI is InChI=1S/C23H27FO4/c1-12-14(11-24)19-15-5-6-18(27)22(15,3)9-7-16(19)23(4)10-8-17(26)21(20(12)23)28-13(2)25/h8,10,14-16,19H,1,5-7,9,11H2,2-4H3/t14-,15+,16+,19+,22+,23-/m1/s1. The number of hydrogen-bond acceptors (Lipinski definition) is 4. The van der Waals surface area contributed by atoms with Crippen LogP contribution in [0.3, 0.4) is 0 Å². The summed E-state index contributed by atoms with van der Waals surface area (Å²) in [5, 5.41) is 0.